The molecule has 1 rings (SSSR count). The van der Waals surface area contributed by atoms with Crippen LogP contribution in [0.2, 0.25) is 0 Å². The molecule has 0 heterocycles. The highest BCUT2D eigenvalue weighted by molar-refractivity contribution is 5.72. The van der Waals surface area contributed by atoms with Crippen LogP contribution in [0.1, 0.15) is 45.6 Å². The van der Waals surface area contributed by atoms with Crippen LogP contribution >= 0.6 is 0 Å². The van der Waals surface area contributed by atoms with Gasteiger partial charge in [0.1, 0.15) is 11.9 Å². The van der Waals surface area contributed by atoms with Crippen molar-refractivity contribution in [1.29, 1.82) is 0 Å². The van der Waals surface area contributed by atoms with Crippen molar-refractivity contribution in [3.8, 4) is 5.75 Å². The summed E-state index contributed by atoms with van der Waals surface area (Å²) in [6.45, 7) is 7.43. The van der Waals surface area contributed by atoms with Crippen LogP contribution in [0.15, 0.2) is 24.3 Å². The molecule has 0 aliphatic carbocycles. The molecule has 5 nitrogen and oxygen atoms in total. The Morgan fingerprint density at radius 1 is 1.30 bits per heavy atom. The van der Waals surface area contributed by atoms with Crippen molar-refractivity contribution >= 4 is 5.97 Å². The molecule has 0 aliphatic heterocycles. The molecule has 5 heteroatoms. The Kier molecular flexibility index (Phi) is 7.52. The Morgan fingerprint density at radius 2 is 1.96 bits per heavy atom. The van der Waals surface area contributed by atoms with Gasteiger partial charge < -0.3 is 19.7 Å². The van der Waals surface area contributed by atoms with Crippen LogP contribution in [0.4, 0.5) is 0 Å². The molecule has 2 N–H and O–H groups in total. The maximum atomic E-state index is 11.9. The van der Waals surface area contributed by atoms with Crippen molar-refractivity contribution in [2.45, 2.75) is 58.8 Å². The van der Waals surface area contributed by atoms with Crippen LogP contribution in [-0.4, -0.2) is 34.7 Å². The van der Waals surface area contributed by atoms with Crippen molar-refractivity contribution < 1.29 is 24.5 Å². The normalized spacial score (nSPS) is 16.3. The van der Waals surface area contributed by atoms with E-state index in [0.29, 0.717) is 18.6 Å². The zero-order valence-corrected chi connectivity index (χ0v) is 14.4. The third kappa shape index (κ3) is 5.52. The average Bonchev–Trinajstić information content (AvgIpc) is 2.50. The first-order valence-electron chi connectivity index (χ1n) is 8.15. The summed E-state index contributed by atoms with van der Waals surface area (Å²) in [6, 6.07) is 7.25. The van der Waals surface area contributed by atoms with E-state index in [-0.39, 0.29) is 13.0 Å². The van der Waals surface area contributed by atoms with Crippen molar-refractivity contribution in [2.75, 3.05) is 6.61 Å². The van der Waals surface area contributed by atoms with E-state index >= 15 is 0 Å². The number of aliphatic hydroxyl groups is 2. The van der Waals surface area contributed by atoms with Gasteiger partial charge in [0.25, 0.3) is 0 Å². The Balaban J connectivity index is 2.98. The molecule has 0 saturated carbocycles. The van der Waals surface area contributed by atoms with Gasteiger partial charge in [-0.15, -0.1) is 0 Å². The molecule has 0 spiro atoms. The minimum absolute atomic E-state index is 0.0403. The lowest BCUT2D eigenvalue weighted by atomic mass is 9.94. The minimum atomic E-state index is -1.84. The molecule has 1 aromatic rings. The molecule has 0 aliphatic rings. The fourth-order valence-corrected chi connectivity index (χ4v) is 2.41. The van der Waals surface area contributed by atoms with Gasteiger partial charge in [-0.05, 0) is 31.9 Å². The van der Waals surface area contributed by atoms with E-state index in [1.165, 1.54) is 0 Å². The van der Waals surface area contributed by atoms with E-state index in [1.54, 1.807) is 26.0 Å². The predicted molar refractivity (Wildman–Crippen MR) is 88.1 cm³/mol. The predicted octanol–water partition coefficient (Wildman–Crippen LogP) is 2.81. The number of aryl methyl sites for hydroxylation is 1. The highest BCUT2D eigenvalue weighted by Gasteiger charge is 2.41. The maximum Gasteiger partial charge on any atom is 0.308 e. The standard InChI is InChI=1S/C18H28O5/c1-5-9-16(19)18(21,12-14(4)17(20)22-6-2)23-15-11-8-7-10-13(15)3/h7-8,10-11,14,16,19,21H,5-6,9,12H2,1-4H3. The summed E-state index contributed by atoms with van der Waals surface area (Å²) < 4.78 is 10.7. The van der Waals surface area contributed by atoms with E-state index in [9.17, 15) is 15.0 Å². The number of rotatable bonds is 9. The quantitative estimate of drug-likeness (QED) is 0.539. The molecular weight excluding hydrogens is 296 g/mol. The number of carbonyl (C=O) groups is 1. The van der Waals surface area contributed by atoms with Crippen molar-refractivity contribution in [3.05, 3.63) is 29.8 Å². The lowest BCUT2D eigenvalue weighted by molar-refractivity contribution is -0.219. The Morgan fingerprint density at radius 3 is 2.52 bits per heavy atom. The second-order valence-corrected chi connectivity index (χ2v) is 5.87. The molecule has 0 aromatic heterocycles. The third-order valence-electron chi connectivity index (χ3n) is 3.75. The second-order valence-electron chi connectivity index (χ2n) is 5.87. The highest BCUT2D eigenvalue weighted by Crippen LogP contribution is 2.30. The summed E-state index contributed by atoms with van der Waals surface area (Å²) in [5.74, 6) is -2.35. The number of aliphatic hydroxyl groups excluding tert-OH is 1. The molecule has 0 amide bonds. The van der Waals surface area contributed by atoms with E-state index < -0.39 is 23.8 Å². The number of hydrogen-bond donors (Lipinski definition) is 2. The summed E-state index contributed by atoms with van der Waals surface area (Å²) in [6.07, 6.45) is -0.0720. The molecule has 3 unspecified atom stereocenters. The van der Waals surface area contributed by atoms with Gasteiger partial charge in [0.05, 0.1) is 12.5 Å². The molecule has 23 heavy (non-hydrogen) atoms. The van der Waals surface area contributed by atoms with Gasteiger partial charge in [-0.3, -0.25) is 4.79 Å². The van der Waals surface area contributed by atoms with E-state index in [2.05, 4.69) is 0 Å². The van der Waals surface area contributed by atoms with Crippen molar-refractivity contribution in [1.82, 2.24) is 0 Å². The fraction of sp³-hybridized carbons (Fsp3) is 0.611. The van der Waals surface area contributed by atoms with E-state index in [4.69, 9.17) is 9.47 Å². The molecule has 0 radical (unpaired) electrons. The SMILES string of the molecule is CCCC(O)C(O)(CC(C)C(=O)OCC)Oc1ccccc1C. The van der Waals surface area contributed by atoms with Crippen LogP contribution < -0.4 is 4.74 Å². The largest absolute Gasteiger partial charge is 0.466 e. The monoisotopic (exact) mass is 324 g/mol. The van der Waals surface area contributed by atoms with Gasteiger partial charge >= 0.3 is 5.97 Å². The summed E-state index contributed by atoms with van der Waals surface area (Å²) in [5.41, 5.74) is 0.846. The van der Waals surface area contributed by atoms with Gasteiger partial charge in [-0.2, -0.15) is 0 Å². The Hall–Kier alpha value is -1.59. The zero-order chi connectivity index (χ0) is 17.5. The number of carbonyl (C=O) groups excluding carboxylic acids is 1. The minimum Gasteiger partial charge on any atom is -0.466 e. The molecule has 0 bridgehead atoms. The van der Waals surface area contributed by atoms with Gasteiger partial charge in [0.15, 0.2) is 0 Å². The first kappa shape index (κ1) is 19.5. The number of benzene rings is 1. The van der Waals surface area contributed by atoms with Crippen molar-refractivity contribution in [3.63, 3.8) is 0 Å². The first-order chi connectivity index (χ1) is 10.8. The fourth-order valence-electron chi connectivity index (χ4n) is 2.41. The summed E-state index contributed by atoms with van der Waals surface area (Å²) >= 11 is 0. The van der Waals surface area contributed by atoms with Crippen LogP contribution in [0.25, 0.3) is 0 Å². The number of esters is 1. The zero-order valence-electron chi connectivity index (χ0n) is 14.4. The first-order valence-corrected chi connectivity index (χ1v) is 8.15. The highest BCUT2D eigenvalue weighted by atomic mass is 16.6. The molecule has 130 valence electrons. The Labute approximate surface area is 138 Å². The topological polar surface area (TPSA) is 76.0 Å². The molecule has 1 aromatic carbocycles. The molecule has 0 saturated heterocycles. The van der Waals surface area contributed by atoms with Crippen LogP contribution in [0, 0.1) is 12.8 Å². The summed E-state index contributed by atoms with van der Waals surface area (Å²) in [5, 5.41) is 21.3. The smallest absolute Gasteiger partial charge is 0.308 e. The molecule has 0 fully saturated rings. The van der Waals surface area contributed by atoms with E-state index in [1.807, 2.05) is 26.0 Å². The van der Waals surface area contributed by atoms with Crippen LogP contribution in [-0.2, 0) is 9.53 Å². The van der Waals surface area contributed by atoms with Gasteiger partial charge in [-0.25, -0.2) is 0 Å². The van der Waals surface area contributed by atoms with Gasteiger partial charge in [0, 0.05) is 6.42 Å². The van der Waals surface area contributed by atoms with Crippen molar-refractivity contribution in [2.24, 2.45) is 5.92 Å². The second kappa shape index (κ2) is 8.89. The number of hydrogen-bond acceptors (Lipinski definition) is 5. The lowest BCUT2D eigenvalue weighted by Gasteiger charge is -2.35. The van der Waals surface area contributed by atoms with E-state index in [0.717, 1.165) is 5.56 Å². The number of para-hydroxylation sites is 1. The Bertz CT molecular complexity index is 502. The van der Waals surface area contributed by atoms with Crippen LogP contribution in [0.5, 0.6) is 5.75 Å². The van der Waals surface area contributed by atoms with Crippen LogP contribution in [0.3, 0.4) is 0 Å². The summed E-state index contributed by atoms with van der Waals surface area (Å²) in [4.78, 5) is 11.9. The van der Waals surface area contributed by atoms with Gasteiger partial charge in [-0.1, -0.05) is 38.5 Å². The van der Waals surface area contributed by atoms with Gasteiger partial charge in [0.2, 0.25) is 5.79 Å². The molecular formula is C18H28O5. The lowest BCUT2D eigenvalue weighted by Crippen LogP contribution is -2.49. The maximum absolute atomic E-state index is 11.9. The average molecular weight is 324 g/mol. The third-order valence-corrected chi connectivity index (χ3v) is 3.75. The molecule has 3 atom stereocenters. The summed E-state index contributed by atoms with van der Waals surface area (Å²) in [7, 11) is 0. The number of ether oxygens (including phenoxy) is 2.